The Balaban J connectivity index is 1.33. The van der Waals surface area contributed by atoms with Crippen LogP contribution in [0.25, 0.3) is 0 Å². The van der Waals surface area contributed by atoms with E-state index in [-0.39, 0.29) is 18.5 Å². The number of nitrogens with one attached hydrogen (secondary N) is 1. The van der Waals surface area contributed by atoms with Gasteiger partial charge in [-0.05, 0) is 56.2 Å². The SMILES string of the molecule is C[C@]1(c2ccc3c(c2)OCCO3)NC(=O)N(CC(=O)N2CCC[C@@H]3CCCC[C@@H]32)C1=O. The molecule has 2 saturated heterocycles. The molecule has 1 aliphatic carbocycles. The normalized spacial score (nSPS) is 30.1. The monoisotopic (exact) mass is 427 g/mol. The van der Waals surface area contributed by atoms with Gasteiger partial charge in [0.15, 0.2) is 11.5 Å². The first-order valence-electron chi connectivity index (χ1n) is 11.3. The molecule has 5 rings (SSSR count). The fourth-order valence-electron chi connectivity index (χ4n) is 5.55. The summed E-state index contributed by atoms with van der Waals surface area (Å²) in [5.41, 5.74) is -0.641. The summed E-state index contributed by atoms with van der Waals surface area (Å²) < 4.78 is 11.2. The van der Waals surface area contributed by atoms with Gasteiger partial charge < -0.3 is 19.7 Å². The highest BCUT2D eigenvalue weighted by atomic mass is 16.6. The van der Waals surface area contributed by atoms with Crippen molar-refractivity contribution in [3.8, 4) is 11.5 Å². The first-order chi connectivity index (χ1) is 15.0. The van der Waals surface area contributed by atoms with Gasteiger partial charge in [0.05, 0.1) is 0 Å². The van der Waals surface area contributed by atoms with Crippen molar-refractivity contribution < 1.29 is 23.9 Å². The first kappa shape index (κ1) is 20.2. The lowest BCUT2D eigenvalue weighted by molar-refractivity contribution is -0.142. The number of piperidine rings is 1. The fraction of sp³-hybridized carbons (Fsp3) is 0.609. The van der Waals surface area contributed by atoms with E-state index in [0.29, 0.717) is 42.7 Å². The average Bonchev–Trinajstić information content (AvgIpc) is 3.02. The molecule has 1 aromatic rings. The molecule has 0 radical (unpaired) electrons. The van der Waals surface area contributed by atoms with Gasteiger partial charge in [-0.2, -0.15) is 0 Å². The van der Waals surface area contributed by atoms with Crippen LogP contribution in [-0.2, 0) is 15.1 Å². The maximum absolute atomic E-state index is 13.3. The molecule has 3 atom stereocenters. The molecule has 1 N–H and O–H groups in total. The highest BCUT2D eigenvalue weighted by molar-refractivity contribution is 6.09. The first-order valence-corrected chi connectivity index (χ1v) is 11.3. The molecule has 0 aromatic heterocycles. The zero-order valence-corrected chi connectivity index (χ0v) is 17.9. The van der Waals surface area contributed by atoms with Gasteiger partial charge in [-0.1, -0.05) is 18.9 Å². The number of ether oxygens (including phenoxy) is 2. The molecule has 3 fully saturated rings. The summed E-state index contributed by atoms with van der Waals surface area (Å²) in [6.07, 6.45) is 6.70. The van der Waals surface area contributed by atoms with Crippen molar-refractivity contribution in [1.29, 1.82) is 0 Å². The molecule has 8 nitrogen and oxygen atoms in total. The number of carbonyl (C=O) groups excluding carboxylic acids is 3. The van der Waals surface area contributed by atoms with Crippen LogP contribution in [0, 0.1) is 5.92 Å². The second kappa shape index (κ2) is 7.73. The van der Waals surface area contributed by atoms with Crippen LogP contribution in [0.5, 0.6) is 11.5 Å². The van der Waals surface area contributed by atoms with Gasteiger partial charge in [-0.3, -0.25) is 14.5 Å². The van der Waals surface area contributed by atoms with Crippen LogP contribution in [0.2, 0.25) is 0 Å². The zero-order valence-electron chi connectivity index (χ0n) is 17.9. The third-order valence-corrected chi connectivity index (χ3v) is 7.25. The van der Waals surface area contributed by atoms with Crippen LogP contribution in [0.3, 0.4) is 0 Å². The number of hydrogen-bond donors (Lipinski definition) is 1. The van der Waals surface area contributed by atoms with Crippen LogP contribution in [-0.4, -0.2) is 60.0 Å². The second-order valence-electron chi connectivity index (χ2n) is 9.15. The van der Waals surface area contributed by atoms with Crippen LogP contribution < -0.4 is 14.8 Å². The van der Waals surface area contributed by atoms with Gasteiger partial charge >= 0.3 is 6.03 Å². The van der Waals surface area contributed by atoms with E-state index >= 15 is 0 Å². The van der Waals surface area contributed by atoms with Crippen LogP contribution >= 0.6 is 0 Å². The predicted octanol–water partition coefficient (Wildman–Crippen LogP) is 2.41. The van der Waals surface area contributed by atoms with Crippen molar-refractivity contribution >= 4 is 17.8 Å². The topological polar surface area (TPSA) is 88.2 Å². The standard InChI is InChI=1S/C23H29N3O5/c1-23(16-8-9-18-19(13-16)31-12-11-30-18)21(28)26(22(29)24-23)14-20(27)25-10-4-6-15-5-2-3-7-17(15)25/h8-9,13,15,17H,2-7,10-12,14H2,1H3,(H,24,29)/t15-,17-,23+/m0/s1. The number of benzene rings is 1. The number of imide groups is 1. The average molecular weight is 428 g/mol. The minimum atomic E-state index is -1.25. The molecule has 8 heteroatoms. The highest BCUT2D eigenvalue weighted by Crippen LogP contribution is 2.38. The highest BCUT2D eigenvalue weighted by Gasteiger charge is 2.50. The minimum absolute atomic E-state index is 0.133. The summed E-state index contributed by atoms with van der Waals surface area (Å²) in [7, 11) is 0. The third kappa shape index (κ3) is 3.42. The molecular weight excluding hydrogens is 398 g/mol. The van der Waals surface area contributed by atoms with E-state index in [1.807, 2.05) is 4.90 Å². The molecule has 0 spiro atoms. The molecule has 1 aromatic carbocycles. The fourth-order valence-corrected chi connectivity index (χ4v) is 5.55. The Hall–Kier alpha value is -2.77. The number of likely N-dealkylation sites (tertiary alicyclic amines) is 1. The summed E-state index contributed by atoms with van der Waals surface area (Å²) in [4.78, 5) is 42.2. The Bertz CT molecular complexity index is 916. The Kier molecular flexibility index (Phi) is 5.02. The summed E-state index contributed by atoms with van der Waals surface area (Å²) in [5.74, 6) is 1.18. The molecule has 4 aliphatic rings. The molecule has 0 unspecified atom stereocenters. The summed E-state index contributed by atoms with van der Waals surface area (Å²) in [5, 5.41) is 2.79. The van der Waals surface area contributed by atoms with E-state index in [4.69, 9.17) is 9.47 Å². The number of nitrogens with zero attached hydrogens (tertiary/aromatic N) is 2. The summed E-state index contributed by atoms with van der Waals surface area (Å²) in [6, 6.07) is 4.95. The van der Waals surface area contributed by atoms with E-state index < -0.39 is 17.5 Å². The van der Waals surface area contributed by atoms with Crippen LogP contribution in [0.15, 0.2) is 18.2 Å². The molecular formula is C23H29N3O5. The Morgan fingerprint density at radius 1 is 1.10 bits per heavy atom. The largest absolute Gasteiger partial charge is 0.486 e. The molecule has 3 heterocycles. The predicted molar refractivity (Wildman–Crippen MR) is 112 cm³/mol. The number of fused-ring (bicyclic) bond motifs is 2. The van der Waals surface area contributed by atoms with Gasteiger partial charge in [-0.25, -0.2) is 4.79 Å². The quantitative estimate of drug-likeness (QED) is 0.749. The van der Waals surface area contributed by atoms with Crippen molar-refractivity contribution in [3.05, 3.63) is 23.8 Å². The lowest BCUT2D eigenvalue weighted by Gasteiger charge is -2.44. The summed E-state index contributed by atoms with van der Waals surface area (Å²) >= 11 is 0. The van der Waals surface area contributed by atoms with Gasteiger partial charge in [-0.15, -0.1) is 0 Å². The maximum Gasteiger partial charge on any atom is 0.325 e. The smallest absolute Gasteiger partial charge is 0.325 e. The van der Waals surface area contributed by atoms with Gasteiger partial charge in [0.2, 0.25) is 5.91 Å². The second-order valence-corrected chi connectivity index (χ2v) is 9.15. The van der Waals surface area contributed by atoms with Crippen molar-refractivity contribution in [2.45, 2.75) is 57.0 Å². The third-order valence-electron chi connectivity index (χ3n) is 7.25. The van der Waals surface area contributed by atoms with Gasteiger partial charge in [0, 0.05) is 12.6 Å². The van der Waals surface area contributed by atoms with E-state index in [1.54, 1.807) is 25.1 Å². The minimum Gasteiger partial charge on any atom is -0.486 e. The number of amides is 4. The van der Waals surface area contributed by atoms with Crippen molar-refractivity contribution in [2.75, 3.05) is 26.3 Å². The van der Waals surface area contributed by atoms with Crippen LogP contribution in [0.1, 0.15) is 51.0 Å². The molecule has 166 valence electrons. The lowest BCUT2D eigenvalue weighted by Crippen LogP contribution is -2.53. The molecule has 1 saturated carbocycles. The Morgan fingerprint density at radius 2 is 1.84 bits per heavy atom. The van der Waals surface area contributed by atoms with E-state index in [1.165, 1.54) is 19.3 Å². The van der Waals surface area contributed by atoms with Crippen molar-refractivity contribution in [1.82, 2.24) is 15.1 Å². The maximum atomic E-state index is 13.3. The number of urea groups is 1. The molecule has 0 bridgehead atoms. The van der Waals surface area contributed by atoms with Crippen molar-refractivity contribution in [2.24, 2.45) is 5.92 Å². The van der Waals surface area contributed by atoms with Crippen LogP contribution in [0.4, 0.5) is 4.79 Å². The van der Waals surface area contributed by atoms with Gasteiger partial charge in [0.25, 0.3) is 5.91 Å². The Morgan fingerprint density at radius 3 is 2.68 bits per heavy atom. The number of carbonyl (C=O) groups is 3. The Labute approximate surface area is 181 Å². The van der Waals surface area contributed by atoms with Crippen molar-refractivity contribution in [3.63, 3.8) is 0 Å². The molecule has 3 aliphatic heterocycles. The number of hydrogen-bond acceptors (Lipinski definition) is 5. The zero-order chi connectivity index (χ0) is 21.6. The lowest BCUT2D eigenvalue weighted by atomic mass is 9.78. The molecule has 4 amide bonds. The number of rotatable bonds is 3. The van der Waals surface area contributed by atoms with E-state index in [2.05, 4.69) is 5.32 Å². The van der Waals surface area contributed by atoms with E-state index in [0.717, 1.165) is 24.2 Å². The molecule has 31 heavy (non-hydrogen) atoms. The summed E-state index contributed by atoms with van der Waals surface area (Å²) in [6.45, 7) is 3.08. The van der Waals surface area contributed by atoms with Gasteiger partial charge in [0.1, 0.15) is 25.3 Å². The van der Waals surface area contributed by atoms with E-state index in [9.17, 15) is 14.4 Å².